The van der Waals surface area contributed by atoms with Gasteiger partial charge in [-0.25, -0.2) is 0 Å². The van der Waals surface area contributed by atoms with Gasteiger partial charge in [0.2, 0.25) is 0 Å². The van der Waals surface area contributed by atoms with E-state index in [0.29, 0.717) is 85.5 Å². The van der Waals surface area contributed by atoms with Crippen LogP contribution in [0, 0.1) is 5.92 Å². The molecule has 0 unspecified atom stereocenters. The van der Waals surface area contributed by atoms with Gasteiger partial charge in [-0.15, -0.1) is 0 Å². The molecule has 1 aliphatic heterocycles. The van der Waals surface area contributed by atoms with Crippen LogP contribution in [0.3, 0.4) is 0 Å². The minimum Gasteiger partial charge on any atom is -0.463 e. The van der Waals surface area contributed by atoms with Gasteiger partial charge in [0.05, 0.1) is 65.4 Å². The molecule has 0 aromatic rings. The number of ether oxygens (including phenoxy) is 9. The Kier molecular flexibility index (Phi) is 58.3. The van der Waals surface area contributed by atoms with Crippen molar-refractivity contribution in [3.63, 3.8) is 0 Å². The first kappa shape index (κ1) is 77.1. The van der Waals surface area contributed by atoms with Crippen molar-refractivity contribution in [2.24, 2.45) is 5.92 Å². The van der Waals surface area contributed by atoms with E-state index in [1.807, 2.05) is 0 Å². The van der Waals surface area contributed by atoms with Gasteiger partial charge in [-0.3, -0.25) is 14.4 Å². The average molecular weight is 1150 g/mol. The topological polar surface area (TPSA) is 138 Å². The van der Waals surface area contributed by atoms with Gasteiger partial charge >= 0.3 is 17.9 Å². The lowest BCUT2D eigenvalue weighted by Gasteiger charge is -2.27. The number of likely N-dealkylation sites (tertiary alicyclic amines) is 1. The SMILES string of the molecule is CCCCCCCCC(CCCCCCCC)OC(=O)CCCCCCCOC[C@@H](COCCOCCOCCOCCOC(=O)C1CCN(C)CC1)OCCCCCCCC(=O)OC(CCCCCCCC)CCCCCCCC. The molecule has 0 saturated carbocycles. The summed E-state index contributed by atoms with van der Waals surface area (Å²) in [5, 5.41) is 0. The van der Waals surface area contributed by atoms with Crippen molar-refractivity contribution < 1.29 is 57.0 Å². The molecule has 1 fully saturated rings. The average Bonchev–Trinajstić information content (AvgIpc) is 3.46. The third kappa shape index (κ3) is 53.3. The number of piperidine rings is 1. The van der Waals surface area contributed by atoms with Crippen molar-refractivity contribution in [2.45, 2.75) is 316 Å². The minimum atomic E-state index is -0.168. The fraction of sp³-hybridized carbons (Fsp3) is 0.956. The van der Waals surface area contributed by atoms with Crippen LogP contribution in [0.4, 0.5) is 0 Å². The zero-order valence-corrected chi connectivity index (χ0v) is 53.8. The molecular formula is C68H131NO12. The van der Waals surface area contributed by atoms with Crippen molar-refractivity contribution in [2.75, 3.05) is 99.4 Å². The lowest BCUT2D eigenvalue weighted by Crippen LogP contribution is -2.34. The third-order valence-corrected chi connectivity index (χ3v) is 15.9. The van der Waals surface area contributed by atoms with Crippen molar-refractivity contribution in [1.82, 2.24) is 4.90 Å². The summed E-state index contributed by atoms with van der Waals surface area (Å²) >= 11 is 0. The summed E-state index contributed by atoms with van der Waals surface area (Å²) in [5.74, 6) is -0.135. The van der Waals surface area contributed by atoms with Crippen molar-refractivity contribution in [1.29, 1.82) is 0 Å². The fourth-order valence-corrected chi connectivity index (χ4v) is 10.6. The number of hydrogen-bond acceptors (Lipinski definition) is 13. The highest BCUT2D eigenvalue weighted by Crippen LogP contribution is 2.21. The van der Waals surface area contributed by atoms with Gasteiger partial charge in [0.1, 0.15) is 24.9 Å². The molecule has 0 amide bonds. The van der Waals surface area contributed by atoms with Crippen LogP contribution in [0.25, 0.3) is 0 Å². The van der Waals surface area contributed by atoms with Gasteiger partial charge in [0.25, 0.3) is 0 Å². The van der Waals surface area contributed by atoms with Crippen molar-refractivity contribution >= 4 is 17.9 Å². The van der Waals surface area contributed by atoms with Crippen LogP contribution in [0.1, 0.15) is 297 Å². The number of carbonyl (C=O) groups is 3. The van der Waals surface area contributed by atoms with E-state index in [1.165, 1.54) is 128 Å². The first-order valence-electron chi connectivity index (χ1n) is 34.6. The molecular weight excluding hydrogens is 1020 g/mol. The smallest absolute Gasteiger partial charge is 0.309 e. The second-order valence-corrected chi connectivity index (χ2v) is 23.7. The monoisotopic (exact) mass is 1150 g/mol. The van der Waals surface area contributed by atoms with Gasteiger partial charge in [-0.05, 0) is 110 Å². The molecule has 0 bridgehead atoms. The Hall–Kier alpha value is -1.87. The van der Waals surface area contributed by atoms with Gasteiger partial charge in [-0.1, -0.05) is 195 Å². The second kappa shape index (κ2) is 61.2. The molecule has 1 heterocycles. The van der Waals surface area contributed by atoms with E-state index in [0.717, 1.165) is 142 Å². The summed E-state index contributed by atoms with van der Waals surface area (Å²) in [6, 6.07) is 0. The van der Waals surface area contributed by atoms with Crippen LogP contribution in [-0.2, 0) is 57.0 Å². The number of carbonyl (C=O) groups excluding carboxylic acids is 3. The Morgan fingerprint density at radius 2 is 0.679 bits per heavy atom. The molecule has 480 valence electrons. The van der Waals surface area contributed by atoms with Crippen LogP contribution in [0.5, 0.6) is 0 Å². The van der Waals surface area contributed by atoms with Crippen LogP contribution in [0.15, 0.2) is 0 Å². The maximum absolute atomic E-state index is 12.9. The molecule has 1 saturated heterocycles. The highest BCUT2D eigenvalue weighted by Gasteiger charge is 2.24. The van der Waals surface area contributed by atoms with E-state index in [2.05, 4.69) is 39.6 Å². The van der Waals surface area contributed by atoms with E-state index in [-0.39, 0.29) is 48.7 Å². The first-order chi connectivity index (χ1) is 39.8. The lowest BCUT2D eigenvalue weighted by atomic mass is 9.97. The summed E-state index contributed by atoms with van der Waals surface area (Å²) < 4.78 is 53.0. The quantitative estimate of drug-likeness (QED) is 0.0325. The molecule has 1 rings (SSSR count). The highest BCUT2D eigenvalue weighted by molar-refractivity contribution is 5.72. The Bertz CT molecular complexity index is 1300. The van der Waals surface area contributed by atoms with Crippen molar-refractivity contribution in [3.05, 3.63) is 0 Å². The number of nitrogens with zero attached hydrogens (tertiary/aromatic N) is 1. The minimum absolute atomic E-state index is 0.00460. The van der Waals surface area contributed by atoms with Gasteiger partial charge in [0, 0.05) is 26.1 Å². The Balaban J connectivity index is 2.41. The van der Waals surface area contributed by atoms with Crippen LogP contribution in [0.2, 0.25) is 0 Å². The van der Waals surface area contributed by atoms with E-state index >= 15 is 0 Å². The molecule has 13 heteroatoms. The van der Waals surface area contributed by atoms with Crippen LogP contribution >= 0.6 is 0 Å². The molecule has 0 aromatic heterocycles. The highest BCUT2D eigenvalue weighted by atomic mass is 16.6. The number of esters is 3. The first-order valence-corrected chi connectivity index (χ1v) is 34.6. The zero-order chi connectivity index (χ0) is 58.6. The molecule has 13 nitrogen and oxygen atoms in total. The lowest BCUT2D eigenvalue weighted by molar-refractivity contribution is -0.152. The van der Waals surface area contributed by atoms with Crippen LogP contribution < -0.4 is 0 Å². The summed E-state index contributed by atoms with van der Waals surface area (Å²) in [6.45, 7) is 16.5. The maximum atomic E-state index is 12.9. The Morgan fingerprint density at radius 3 is 1.09 bits per heavy atom. The standard InChI is InChI=1S/C68H131NO12/c1-6-10-14-18-24-32-40-63(41-33-25-19-15-11-7-2)80-66(70)44-36-28-22-30-38-50-76-60-65(61-77-57-56-74-53-52-73-54-55-75-58-59-79-68(72)62-46-48-69(5)49-47-62)78-51-39-31-23-29-37-45-67(71)81-64(42-34-26-20-16-12-8-3)43-35-27-21-17-13-9-4/h62-65H,6-61H2,1-5H3/t65-/m0/s1. The summed E-state index contributed by atoms with van der Waals surface area (Å²) in [6.07, 6.45) is 47.1. The van der Waals surface area contributed by atoms with E-state index < -0.39 is 0 Å². The predicted molar refractivity (Wildman–Crippen MR) is 332 cm³/mol. The fourth-order valence-electron chi connectivity index (χ4n) is 10.6. The third-order valence-electron chi connectivity index (χ3n) is 15.9. The van der Waals surface area contributed by atoms with Gasteiger partial charge in [-0.2, -0.15) is 0 Å². The summed E-state index contributed by atoms with van der Waals surface area (Å²) in [5.41, 5.74) is 0. The molecule has 81 heavy (non-hydrogen) atoms. The second-order valence-electron chi connectivity index (χ2n) is 23.7. The molecule has 1 aliphatic rings. The molecule has 0 radical (unpaired) electrons. The van der Waals surface area contributed by atoms with Crippen molar-refractivity contribution in [3.8, 4) is 0 Å². The molecule has 0 aliphatic carbocycles. The molecule has 1 atom stereocenters. The number of rotatable bonds is 64. The summed E-state index contributed by atoms with van der Waals surface area (Å²) in [7, 11) is 2.08. The Labute approximate surface area is 498 Å². The van der Waals surface area contributed by atoms with E-state index in [9.17, 15) is 14.4 Å². The molecule has 0 N–H and O–H groups in total. The molecule has 0 aromatic carbocycles. The normalized spacial score (nSPS) is 13.7. The van der Waals surface area contributed by atoms with E-state index in [1.54, 1.807) is 0 Å². The largest absolute Gasteiger partial charge is 0.463 e. The zero-order valence-electron chi connectivity index (χ0n) is 53.8. The maximum Gasteiger partial charge on any atom is 0.309 e. The number of unbranched alkanes of at least 4 members (excludes halogenated alkanes) is 28. The summed E-state index contributed by atoms with van der Waals surface area (Å²) in [4.78, 5) is 40.3. The van der Waals surface area contributed by atoms with Crippen LogP contribution in [-0.4, -0.2) is 141 Å². The Morgan fingerprint density at radius 1 is 0.358 bits per heavy atom. The van der Waals surface area contributed by atoms with E-state index in [4.69, 9.17) is 42.6 Å². The predicted octanol–water partition coefficient (Wildman–Crippen LogP) is 16.8. The number of hydrogen-bond donors (Lipinski definition) is 0. The van der Waals surface area contributed by atoms with Gasteiger partial charge < -0.3 is 47.5 Å². The molecule has 0 spiro atoms. The van der Waals surface area contributed by atoms with Gasteiger partial charge in [0.15, 0.2) is 0 Å².